The number of hydrogen-bond acceptors (Lipinski definition) is 6. The Hall–Kier alpha value is -3.59. The SMILES string of the molecule is CN[C@H]1CCN(c2ccc(C(=O)Nc3cc(F)c4nc(C)cn4c3)c3nccnc23)C1. The van der Waals surface area contributed by atoms with E-state index in [0.717, 1.165) is 25.2 Å². The fraction of sp³-hybridized carbons (Fsp3) is 0.273. The fourth-order valence-corrected chi connectivity index (χ4v) is 4.14. The molecule has 1 amide bonds. The molecule has 5 rings (SSSR count). The molecule has 0 radical (unpaired) electrons. The van der Waals surface area contributed by atoms with Gasteiger partial charge in [0.2, 0.25) is 0 Å². The van der Waals surface area contributed by atoms with Crippen molar-refractivity contribution in [3.05, 3.63) is 60.1 Å². The van der Waals surface area contributed by atoms with E-state index in [1.165, 1.54) is 6.07 Å². The van der Waals surface area contributed by atoms with Crippen LogP contribution in [0.1, 0.15) is 22.5 Å². The minimum Gasteiger partial charge on any atom is -0.368 e. The summed E-state index contributed by atoms with van der Waals surface area (Å²) < 4.78 is 15.9. The van der Waals surface area contributed by atoms with Gasteiger partial charge in [-0.1, -0.05) is 0 Å². The van der Waals surface area contributed by atoms with Crippen molar-refractivity contribution < 1.29 is 9.18 Å². The summed E-state index contributed by atoms with van der Waals surface area (Å²) in [6, 6.07) is 5.35. The average Bonchev–Trinajstić information content (AvgIpc) is 3.39. The maximum absolute atomic E-state index is 14.4. The van der Waals surface area contributed by atoms with Gasteiger partial charge < -0.3 is 19.9 Å². The number of hydrogen-bond donors (Lipinski definition) is 2. The third-order valence-electron chi connectivity index (χ3n) is 5.67. The molecular formula is C22H22FN7O. The molecule has 4 heterocycles. The second kappa shape index (κ2) is 7.59. The van der Waals surface area contributed by atoms with E-state index in [0.29, 0.717) is 34.0 Å². The van der Waals surface area contributed by atoms with Gasteiger partial charge in [0, 0.05) is 50.0 Å². The summed E-state index contributed by atoms with van der Waals surface area (Å²) in [6.07, 6.45) is 7.59. The van der Waals surface area contributed by atoms with E-state index < -0.39 is 5.82 Å². The lowest BCUT2D eigenvalue weighted by molar-refractivity contribution is 0.102. The van der Waals surface area contributed by atoms with Crippen LogP contribution in [0.4, 0.5) is 15.8 Å². The number of pyridine rings is 1. The number of imidazole rings is 1. The minimum atomic E-state index is -0.501. The first-order valence-corrected chi connectivity index (χ1v) is 10.2. The Morgan fingerprint density at radius 1 is 1.19 bits per heavy atom. The number of likely N-dealkylation sites (N-methyl/N-ethyl adjacent to an activating group) is 1. The highest BCUT2D eigenvalue weighted by molar-refractivity contribution is 6.13. The van der Waals surface area contributed by atoms with Crippen LogP contribution in [-0.4, -0.2) is 51.4 Å². The number of amides is 1. The van der Waals surface area contributed by atoms with Crippen LogP contribution in [0.15, 0.2) is 43.0 Å². The lowest BCUT2D eigenvalue weighted by Gasteiger charge is -2.20. The summed E-state index contributed by atoms with van der Waals surface area (Å²) in [7, 11) is 1.96. The van der Waals surface area contributed by atoms with Crippen LogP contribution in [0.3, 0.4) is 0 Å². The first-order valence-electron chi connectivity index (χ1n) is 10.2. The van der Waals surface area contributed by atoms with Crippen LogP contribution >= 0.6 is 0 Å². The van der Waals surface area contributed by atoms with Crippen molar-refractivity contribution in [2.75, 3.05) is 30.4 Å². The molecule has 0 bridgehead atoms. The van der Waals surface area contributed by atoms with Gasteiger partial charge in [-0.15, -0.1) is 0 Å². The smallest absolute Gasteiger partial charge is 0.257 e. The van der Waals surface area contributed by atoms with Crippen molar-refractivity contribution >= 4 is 34.0 Å². The zero-order valence-electron chi connectivity index (χ0n) is 17.3. The van der Waals surface area contributed by atoms with Gasteiger partial charge in [0.1, 0.15) is 11.0 Å². The number of aryl methyl sites for hydroxylation is 1. The maximum atomic E-state index is 14.4. The normalized spacial score (nSPS) is 16.4. The van der Waals surface area contributed by atoms with Crippen molar-refractivity contribution in [1.29, 1.82) is 0 Å². The molecule has 0 unspecified atom stereocenters. The van der Waals surface area contributed by atoms with Gasteiger partial charge in [0.15, 0.2) is 11.5 Å². The molecule has 4 aromatic rings. The third-order valence-corrected chi connectivity index (χ3v) is 5.67. The number of nitrogens with one attached hydrogen (secondary N) is 2. The van der Waals surface area contributed by atoms with Crippen LogP contribution < -0.4 is 15.5 Å². The summed E-state index contributed by atoms with van der Waals surface area (Å²) in [5.41, 5.74) is 3.80. The molecule has 1 aromatic carbocycles. The van der Waals surface area contributed by atoms with Crippen molar-refractivity contribution in [2.24, 2.45) is 0 Å². The van der Waals surface area contributed by atoms with Gasteiger partial charge in [-0.25, -0.2) is 9.37 Å². The zero-order chi connectivity index (χ0) is 21.5. The van der Waals surface area contributed by atoms with E-state index in [-0.39, 0.29) is 11.6 Å². The van der Waals surface area contributed by atoms with E-state index in [9.17, 15) is 9.18 Å². The Kier molecular flexibility index (Phi) is 4.74. The van der Waals surface area contributed by atoms with Crippen LogP contribution in [0.5, 0.6) is 0 Å². The molecule has 1 fully saturated rings. The van der Waals surface area contributed by atoms with Crippen molar-refractivity contribution in [3.63, 3.8) is 0 Å². The first-order chi connectivity index (χ1) is 15.0. The first kappa shape index (κ1) is 19.4. The second-order valence-electron chi connectivity index (χ2n) is 7.75. The van der Waals surface area contributed by atoms with Crippen LogP contribution in [0, 0.1) is 12.7 Å². The monoisotopic (exact) mass is 419 g/mol. The fourth-order valence-electron chi connectivity index (χ4n) is 4.14. The highest BCUT2D eigenvalue weighted by Gasteiger charge is 2.24. The lowest BCUT2D eigenvalue weighted by atomic mass is 10.1. The van der Waals surface area contributed by atoms with Crippen LogP contribution in [0.2, 0.25) is 0 Å². The molecule has 9 heteroatoms. The molecule has 1 saturated heterocycles. The standard InChI is InChI=1S/C22H22FN7O/c1-13-10-30-12-15(9-17(23)21(30)27-13)28-22(31)16-3-4-18(20-19(16)25-6-7-26-20)29-8-5-14(11-29)24-2/h3-4,6-7,9-10,12,14,24H,5,8,11H2,1-2H3,(H,28,31)/t14-/m0/s1. The Labute approximate surface area is 178 Å². The molecule has 31 heavy (non-hydrogen) atoms. The second-order valence-corrected chi connectivity index (χ2v) is 7.75. The molecular weight excluding hydrogens is 397 g/mol. The Balaban J connectivity index is 1.49. The molecule has 0 spiro atoms. The maximum Gasteiger partial charge on any atom is 0.257 e. The Bertz CT molecular complexity index is 1300. The van der Waals surface area contributed by atoms with E-state index in [1.807, 2.05) is 13.1 Å². The quantitative estimate of drug-likeness (QED) is 0.529. The van der Waals surface area contributed by atoms with Crippen molar-refractivity contribution in [2.45, 2.75) is 19.4 Å². The number of carbonyl (C=O) groups excluding carboxylic acids is 1. The average molecular weight is 419 g/mol. The van der Waals surface area contributed by atoms with Crippen LogP contribution in [0.25, 0.3) is 16.7 Å². The molecule has 1 atom stereocenters. The largest absolute Gasteiger partial charge is 0.368 e. The number of anilines is 2. The highest BCUT2D eigenvalue weighted by Crippen LogP contribution is 2.29. The number of halogens is 1. The number of nitrogens with zero attached hydrogens (tertiary/aromatic N) is 5. The number of benzene rings is 1. The van der Waals surface area contributed by atoms with Crippen molar-refractivity contribution in [1.82, 2.24) is 24.7 Å². The van der Waals surface area contributed by atoms with Gasteiger partial charge in [-0.05, 0) is 32.5 Å². The summed E-state index contributed by atoms with van der Waals surface area (Å²) in [6.45, 7) is 3.57. The lowest BCUT2D eigenvalue weighted by Crippen LogP contribution is -2.29. The summed E-state index contributed by atoms with van der Waals surface area (Å²) >= 11 is 0. The number of rotatable bonds is 4. The van der Waals surface area contributed by atoms with E-state index >= 15 is 0 Å². The van der Waals surface area contributed by atoms with Gasteiger partial charge in [-0.3, -0.25) is 14.8 Å². The number of fused-ring (bicyclic) bond motifs is 2. The topological polar surface area (TPSA) is 87.5 Å². The van der Waals surface area contributed by atoms with Gasteiger partial charge in [0.05, 0.1) is 22.6 Å². The van der Waals surface area contributed by atoms with Gasteiger partial charge in [-0.2, -0.15) is 0 Å². The molecule has 1 aliphatic heterocycles. The Morgan fingerprint density at radius 3 is 2.77 bits per heavy atom. The van der Waals surface area contributed by atoms with E-state index in [1.54, 1.807) is 42.2 Å². The predicted molar refractivity (Wildman–Crippen MR) is 117 cm³/mol. The van der Waals surface area contributed by atoms with Gasteiger partial charge >= 0.3 is 0 Å². The molecule has 158 valence electrons. The molecule has 1 aliphatic rings. The van der Waals surface area contributed by atoms with Crippen LogP contribution in [-0.2, 0) is 0 Å². The number of aromatic nitrogens is 4. The van der Waals surface area contributed by atoms with Gasteiger partial charge in [0.25, 0.3) is 5.91 Å². The highest BCUT2D eigenvalue weighted by atomic mass is 19.1. The molecule has 0 saturated carbocycles. The molecule has 2 N–H and O–H groups in total. The summed E-state index contributed by atoms with van der Waals surface area (Å²) in [5, 5.41) is 6.09. The third kappa shape index (κ3) is 3.46. The predicted octanol–water partition coefficient (Wildman–Crippen LogP) is 2.78. The number of carbonyl (C=O) groups is 1. The molecule has 8 nitrogen and oxygen atoms in total. The zero-order valence-corrected chi connectivity index (χ0v) is 17.3. The molecule has 3 aromatic heterocycles. The van der Waals surface area contributed by atoms with Crippen molar-refractivity contribution in [3.8, 4) is 0 Å². The minimum absolute atomic E-state index is 0.224. The molecule has 0 aliphatic carbocycles. The van der Waals surface area contributed by atoms with E-state index in [4.69, 9.17) is 0 Å². The van der Waals surface area contributed by atoms with E-state index in [2.05, 4.69) is 30.5 Å². The Morgan fingerprint density at radius 2 is 2.00 bits per heavy atom. The summed E-state index contributed by atoms with van der Waals surface area (Å²) in [5.74, 6) is -0.874. The summed E-state index contributed by atoms with van der Waals surface area (Å²) in [4.78, 5) is 28.4.